The molecule has 5 aromatic rings. The average Bonchev–Trinajstić information content (AvgIpc) is 3.51. The van der Waals surface area contributed by atoms with Crippen LogP contribution in [0.5, 0.6) is 0 Å². The lowest BCUT2D eigenvalue weighted by Gasteiger charge is -2.04. The summed E-state index contributed by atoms with van der Waals surface area (Å²) < 4.78 is 65.7. The Morgan fingerprint density at radius 1 is 1.13 bits per heavy atom. The first kappa shape index (κ1) is 26.6. The maximum Gasteiger partial charge on any atom is 0.490 e. The molecule has 0 saturated carbocycles. The van der Waals surface area contributed by atoms with Gasteiger partial charge < -0.3 is 20.0 Å². The zero-order valence-electron chi connectivity index (χ0n) is 19.8. The number of rotatable bonds is 5. The number of carbonyl (C=O) groups is 1. The van der Waals surface area contributed by atoms with E-state index in [4.69, 9.17) is 15.6 Å². The summed E-state index contributed by atoms with van der Waals surface area (Å²) in [6, 6.07) is 9.24. The highest BCUT2D eigenvalue weighted by atomic mass is 19.4. The van der Waals surface area contributed by atoms with Gasteiger partial charge in [0.2, 0.25) is 0 Å². The number of alkyl halides is 3. The topological polar surface area (TPSA) is 124 Å². The van der Waals surface area contributed by atoms with E-state index in [-0.39, 0.29) is 5.82 Å². The lowest BCUT2D eigenvalue weighted by Crippen LogP contribution is -2.21. The number of carboxylic acid groups (broad SMARTS) is 1. The number of benzene rings is 2. The predicted octanol–water partition coefficient (Wildman–Crippen LogP) is 3.93. The molecular weight excluding hydrogens is 515 g/mol. The second-order valence-corrected chi connectivity index (χ2v) is 8.29. The van der Waals surface area contributed by atoms with E-state index in [0.717, 1.165) is 11.9 Å². The van der Waals surface area contributed by atoms with Crippen LogP contribution < -0.4 is 11.4 Å². The SMILES string of the molecule is Cn1cc(-c2n[nH]c(=O)n2-c2cn(CCCN)c3ccc(F)cc23)c2c(F)cccc21.O=C(O)C(F)(F)F. The standard InChI is InChI=1S/C22H20F2N6O.C2HF3O2/c1-28-11-15(20-16(24)4-2-5-18(20)28)21-26-27-22(31)30(21)19-12-29(9-3-8-25)17-7-6-13(23)10-14(17)19;3-2(4,5)1(6)7/h2,4-7,10-12H,3,8-9,25H2,1H3,(H,27,31);(H,6,7). The lowest BCUT2D eigenvalue weighted by molar-refractivity contribution is -0.192. The normalized spacial score (nSPS) is 11.7. The van der Waals surface area contributed by atoms with Gasteiger partial charge in [0.1, 0.15) is 11.6 Å². The van der Waals surface area contributed by atoms with E-state index in [1.54, 1.807) is 42.2 Å². The van der Waals surface area contributed by atoms with Crippen LogP contribution in [-0.2, 0) is 18.4 Å². The number of nitrogens with two attached hydrogens (primary N) is 1. The van der Waals surface area contributed by atoms with Crippen LogP contribution >= 0.6 is 0 Å². The molecule has 0 saturated heterocycles. The lowest BCUT2D eigenvalue weighted by atomic mass is 10.1. The van der Waals surface area contributed by atoms with Crippen molar-refractivity contribution in [2.24, 2.45) is 12.8 Å². The number of aryl methyl sites for hydroxylation is 2. The van der Waals surface area contributed by atoms with Crippen molar-refractivity contribution in [2.45, 2.75) is 19.1 Å². The summed E-state index contributed by atoms with van der Waals surface area (Å²) in [6.07, 6.45) is -0.849. The van der Waals surface area contributed by atoms with Crippen LogP contribution in [0.4, 0.5) is 22.0 Å². The van der Waals surface area contributed by atoms with Crippen molar-refractivity contribution in [3.63, 3.8) is 0 Å². The molecule has 3 aromatic heterocycles. The maximum absolute atomic E-state index is 14.7. The van der Waals surface area contributed by atoms with E-state index in [1.165, 1.54) is 22.8 Å². The van der Waals surface area contributed by atoms with Crippen LogP contribution in [0.25, 0.3) is 38.9 Å². The number of hydrogen-bond acceptors (Lipinski definition) is 4. The summed E-state index contributed by atoms with van der Waals surface area (Å²) in [7, 11) is 1.80. The van der Waals surface area contributed by atoms with Gasteiger partial charge in [-0.2, -0.15) is 18.3 Å². The van der Waals surface area contributed by atoms with Gasteiger partial charge in [-0.05, 0) is 43.3 Å². The zero-order chi connectivity index (χ0) is 27.8. The highest BCUT2D eigenvalue weighted by Gasteiger charge is 2.38. The van der Waals surface area contributed by atoms with Gasteiger partial charge in [-0.15, -0.1) is 0 Å². The van der Waals surface area contributed by atoms with Crippen molar-refractivity contribution in [3.8, 4) is 17.1 Å². The largest absolute Gasteiger partial charge is 0.490 e. The summed E-state index contributed by atoms with van der Waals surface area (Å²) >= 11 is 0. The van der Waals surface area contributed by atoms with E-state index in [1.807, 2.05) is 4.57 Å². The van der Waals surface area contributed by atoms with E-state index in [9.17, 15) is 26.7 Å². The molecule has 2 aromatic carbocycles. The van der Waals surface area contributed by atoms with Gasteiger partial charge in [-0.3, -0.25) is 0 Å². The van der Waals surface area contributed by atoms with Crippen molar-refractivity contribution >= 4 is 27.8 Å². The first-order valence-electron chi connectivity index (χ1n) is 11.1. The fraction of sp³-hybridized carbons (Fsp3) is 0.208. The number of hydrogen-bond donors (Lipinski definition) is 3. The molecule has 0 atom stereocenters. The molecule has 0 amide bonds. The van der Waals surface area contributed by atoms with Gasteiger partial charge in [0.25, 0.3) is 0 Å². The zero-order valence-corrected chi connectivity index (χ0v) is 19.8. The molecule has 0 aliphatic heterocycles. The van der Waals surface area contributed by atoms with Crippen LogP contribution in [0.15, 0.2) is 53.6 Å². The number of aromatic amines is 1. The number of nitrogens with one attached hydrogen (secondary N) is 1. The fourth-order valence-electron chi connectivity index (χ4n) is 4.15. The first-order valence-corrected chi connectivity index (χ1v) is 11.1. The van der Waals surface area contributed by atoms with Gasteiger partial charge in [0.15, 0.2) is 5.82 Å². The number of aromatic nitrogens is 5. The Kier molecular flexibility index (Phi) is 7.09. The minimum absolute atomic E-state index is 0.253. The van der Waals surface area contributed by atoms with Gasteiger partial charge in [-0.1, -0.05) is 6.07 Å². The predicted molar refractivity (Wildman–Crippen MR) is 129 cm³/mol. The second kappa shape index (κ2) is 10.1. The summed E-state index contributed by atoms with van der Waals surface area (Å²) in [6.45, 7) is 1.12. The van der Waals surface area contributed by atoms with Crippen molar-refractivity contribution in [1.82, 2.24) is 23.9 Å². The molecule has 200 valence electrons. The molecule has 0 radical (unpaired) electrons. The molecular formula is C24H21F5N6O3. The highest BCUT2D eigenvalue weighted by molar-refractivity contribution is 5.96. The third-order valence-corrected chi connectivity index (χ3v) is 5.79. The smallest absolute Gasteiger partial charge is 0.475 e. The minimum atomic E-state index is -5.08. The monoisotopic (exact) mass is 536 g/mol. The molecule has 0 unspecified atom stereocenters. The number of nitrogens with zero attached hydrogens (tertiary/aromatic N) is 4. The third kappa shape index (κ3) is 4.89. The molecule has 0 spiro atoms. The van der Waals surface area contributed by atoms with Crippen LogP contribution in [0.3, 0.4) is 0 Å². The summed E-state index contributed by atoms with van der Waals surface area (Å²) in [5.74, 6) is -3.33. The molecule has 0 fully saturated rings. The summed E-state index contributed by atoms with van der Waals surface area (Å²) in [5, 5.41) is 14.7. The Bertz CT molecular complexity index is 1700. The van der Waals surface area contributed by atoms with Gasteiger partial charge in [0, 0.05) is 42.3 Å². The van der Waals surface area contributed by atoms with Crippen molar-refractivity contribution < 1.29 is 31.9 Å². The molecule has 0 bridgehead atoms. The Morgan fingerprint density at radius 3 is 2.50 bits per heavy atom. The van der Waals surface area contributed by atoms with E-state index in [2.05, 4.69) is 10.2 Å². The van der Waals surface area contributed by atoms with E-state index >= 15 is 0 Å². The molecule has 9 nitrogen and oxygen atoms in total. The van der Waals surface area contributed by atoms with Gasteiger partial charge in [0.05, 0.1) is 16.7 Å². The molecule has 3 heterocycles. The number of halogens is 5. The second-order valence-electron chi connectivity index (χ2n) is 8.29. The Balaban J connectivity index is 0.000000426. The third-order valence-electron chi connectivity index (χ3n) is 5.79. The maximum atomic E-state index is 14.7. The van der Waals surface area contributed by atoms with Gasteiger partial charge in [-0.25, -0.2) is 28.0 Å². The van der Waals surface area contributed by atoms with Crippen LogP contribution in [0.2, 0.25) is 0 Å². The molecule has 5 rings (SSSR count). The van der Waals surface area contributed by atoms with Crippen molar-refractivity contribution in [3.05, 3.63) is 70.9 Å². The van der Waals surface area contributed by atoms with Crippen LogP contribution in [0, 0.1) is 11.6 Å². The van der Waals surface area contributed by atoms with Gasteiger partial charge >= 0.3 is 17.8 Å². The highest BCUT2D eigenvalue weighted by Crippen LogP contribution is 2.33. The molecule has 0 aliphatic carbocycles. The van der Waals surface area contributed by atoms with E-state index < -0.39 is 29.5 Å². The van der Waals surface area contributed by atoms with Crippen LogP contribution in [-0.4, -0.2) is 47.7 Å². The molecule has 38 heavy (non-hydrogen) atoms. The molecule has 0 aliphatic rings. The molecule has 4 N–H and O–H groups in total. The van der Waals surface area contributed by atoms with Crippen molar-refractivity contribution in [1.29, 1.82) is 0 Å². The Hall–Kier alpha value is -4.46. The average molecular weight is 536 g/mol. The molecule has 14 heteroatoms. The van der Waals surface area contributed by atoms with Crippen LogP contribution in [0.1, 0.15) is 6.42 Å². The van der Waals surface area contributed by atoms with Crippen molar-refractivity contribution in [2.75, 3.05) is 6.54 Å². The number of carboxylic acids is 1. The van der Waals surface area contributed by atoms with E-state index in [0.29, 0.717) is 40.6 Å². The summed E-state index contributed by atoms with van der Waals surface area (Å²) in [4.78, 5) is 21.7. The Labute approximate surface area is 210 Å². The summed E-state index contributed by atoms with van der Waals surface area (Å²) in [5.41, 5.74) is 7.54. The Morgan fingerprint density at radius 2 is 1.84 bits per heavy atom. The fourth-order valence-corrected chi connectivity index (χ4v) is 4.15. The quantitative estimate of drug-likeness (QED) is 0.294. The minimum Gasteiger partial charge on any atom is -0.475 e. The number of fused-ring (bicyclic) bond motifs is 2. The number of aliphatic carboxylic acids is 1. The first-order chi connectivity index (χ1) is 17.9. The number of H-pyrrole nitrogens is 1.